The number of carbonyl (C=O) groups is 3. The molecule has 0 saturated heterocycles. The zero-order valence-corrected chi connectivity index (χ0v) is 14.7. The summed E-state index contributed by atoms with van der Waals surface area (Å²) in [7, 11) is 1.16. The molecule has 0 unspecified atom stereocenters. The summed E-state index contributed by atoms with van der Waals surface area (Å²) >= 11 is 1.23. The largest absolute Gasteiger partial charge is 0.494 e. The molecule has 0 fully saturated rings. The Balaban J connectivity index is 1.59. The number of Topliss-reactive ketones (excluding diaryl/α,β-unsaturated/α-hetero) is 1. The molecule has 0 atom stereocenters. The second-order valence-corrected chi connectivity index (χ2v) is 6.43. The van der Waals surface area contributed by atoms with Crippen LogP contribution in [0.3, 0.4) is 0 Å². The summed E-state index contributed by atoms with van der Waals surface area (Å²) in [6.45, 7) is 0.484. The normalized spacial score (nSPS) is 13.2. The third-order valence-corrected chi connectivity index (χ3v) is 4.67. The summed E-state index contributed by atoms with van der Waals surface area (Å²) in [6.07, 6.45) is 1.89. The highest BCUT2D eigenvalue weighted by Gasteiger charge is 2.36. The lowest BCUT2D eigenvalue weighted by Gasteiger charge is -2.11. The lowest BCUT2D eigenvalue weighted by Crippen LogP contribution is -2.18. The molecule has 26 heavy (non-hydrogen) atoms. The summed E-state index contributed by atoms with van der Waals surface area (Å²) in [4.78, 5) is 36.6. The second-order valence-electron chi connectivity index (χ2n) is 5.29. The molecule has 7 nitrogen and oxygen atoms in total. The molecule has 2 aromatic rings. The van der Waals surface area contributed by atoms with Crippen molar-refractivity contribution in [2.24, 2.45) is 0 Å². The number of rotatable bonds is 7. The SMILES string of the molecule is COC(=O)c1noc2c1C(=O)C(SCCCOc1ccccc1)=CC2=O. The Kier molecular flexibility index (Phi) is 5.52. The Hall–Kier alpha value is -2.87. The maximum absolute atomic E-state index is 12.6. The van der Waals surface area contributed by atoms with Gasteiger partial charge < -0.3 is 14.0 Å². The molecule has 0 bridgehead atoms. The molecule has 1 heterocycles. The van der Waals surface area contributed by atoms with Gasteiger partial charge in [0.2, 0.25) is 23.0 Å². The van der Waals surface area contributed by atoms with Crippen molar-refractivity contribution in [2.75, 3.05) is 19.5 Å². The lowest BCUT2D eigenvalue weighted by molar-refractivity contribution is 0.0586. The van der Waals surface area contributed by atoms with Crippen molar-refractivity contribution in [3.8, 4) is 5.75 Å². The number of benzene rings is 1. The highest BCUT2D eigenvalue weighted by molar-refractivity contribution is 8.04. The van der Waals surface area contributed by atoms with Crippen molar-refractivity contribution in [3.63, 3.8) is 0 Å². The van der Waals surface area contributed by atoms with Crippen LogP contribution < -0.4 is 4.74 Å². The number of esters is 1. The molecule has 1 aliphatic rings. The van der Waals surface area contributed by atoms with Crippen LogP contribution in [0.2, 0.25) is 0 Å². The number of allylic oxidation sites excluding steroid dienone is 2. The van der Waals surface area contributed by atoms with E-state index < -0.39 is 17.5 Å². The fourth-order valence-electron chi connectivity index (χ4n) is 2.33. The topological polar surface area (TPSA) is 95.7 Å². The first-order chi connectivity index (χ1) is 12.6. The van der Waals surface area contributed by atoms with Crippen LogP contribution in [0, 0.1) is 0 Å². The molecule has 0 aliphatic heterocycles. The maximum Gasteiger partial charge on any atom is 0.361 e. The van der Waals surface area contributed by atoms with E-state index >= 15 is 0 Å². The van der Waals surface area contributed by atoms with Crippen molar-refractivity contribution in [1.82, 2.24) is 5.16 Å². The number of aromatic nitrogens is 1. The minimum atomic E-state index is -0.821. The molecule has 1 aliphatic carbocycles. The van der Waals surface area contributed by atoms with Crippen molar-refractivity contribution in [1.29, 1.82) is 0 Å². The molecule has 0 N–H and O–H groups in total. The first kappa shape index (κ1) is 17.9. The van der Waals surface area contributed by atoms with Crippen LogP contribution in [0.1, 0.15) is 37.8 Å². The summed E-state index contributed by atoms with van der Waals surface area (Å²) in [5.41, 5.74) is -0.410. The minimum absolute atomic E-state index is 0.132. The Labute approximate surface area is 153 Å². The van der Waals surface area contributed by atoms with E-state index in [-0.39, 0.29) is 21.9 Å². The third kappa shape index (κ3) is 3.70. The molecule has 134 valence electrons. The predicted octanol–water partition coefficient (Wildman–Crippen LogP) is 2.93. The van der Waals surface area contributed by atoms with Crippen LogP contribution in [0.25, 0.3) is 0 Å². The van der Waals surface area contributed by atoms with Gasteiger partial charge in [0.05, 0.1) is 18.6 Å². The Morgan fingerprint density at radius 2 is 2.00 bits per heavy atom. The highest BCUT2D eigenvalue weighted by atomic mass is 32.2. The number of hydrogen-bond acceptors (Lipinski definition) is 8. The molecule has 3 rings (SSSR count). The smallest absolute Gasteiger partial charge is 0.361 e. The fraction of sp³-hybridized carbons (Fsp3) is 0.222. The number of nitrogens with zero attached hydrogens (tertiary/aromatic N) is 1. The molecule has 1 aromatic heterocycles. The zero-order chi connectivity index (χ0) is 18.5. The number of para-hydroxylation sites is 1. The van der Waals surface area contributed by atoms with E-state index in [9.17, 15) is 14.4 Å². The van der Waals surface area contributed by atoms with Crippen LogP contribution in [-0.4, -0.2) is 42.2 Å². The summed E-state index contributed by atoms with van der Waals surface area (Å²) in [5, 5.41) is 3.49. The van der Waals surface area contributed by atoms with Crippen LogP contribution >= 0.6 is 11.8 Å². The van der Waals surface area contributed by atoms with Gasteiger partial charge in [-0.25, -0.2) is 4.79 Å². The molecule has 8 heteroatoms. The quantitative estimate of drug-likeness (QED) is 0.540. The van der Waals surface area contributed by atoms with Gasteiger partial charge in [-0.1, -0.05) is 23.4 Å². The van der Waals surface area contributed by atoms with Crippen LogP contribution in [0.5, 0.6) is 5.75 Å². The van der Waals surface area contributed by atoms with Crippen LogP contribution in [0.4, 0.5) is 0 Å². The van der Waals surface area contributed by atoms with Gasteiger partial charge in [0.15, 0.2) is 0 Å². The molecule has 0 spiro atoms. The van der Waals surface area contributed by atoms with Crippen LogP contribution in [-0.2, 0) is 4.74 Å². The molecule has 0 radical (unpaired) electrons. The number of hydrogen-bond donors (Lipinski definition) is 0. The van der Waals surface area contributed by atoms with E-state index in [1.807, 2.05) is 30.3 Å². The van der Waals surface area contributed by atoms with Gasteiger partial charge in [0.25, 0.3) is 0 Å². The van der Waals surface area contributed by atoms with E-state index in [1.165, 1.54) is 17.8 Å². The molecular weight excluding hydrogens is 358 g/mol. The van der Waals surface area contributed by atoms with E-state index in [0.717, 1.165) is 12.9 Å². The summed E-state index contributed by atoms with van der Waals surface area (Å²) in [5.74, 6) is -0.657. The molecule has 0 saturated carbocycles. The third-order valence-electron chi connectivity index (χ3n) is 3.57. The van der Waals surface area contributed by atoms with Gasteiger partial charge in [-0.2, -0.15) is 0 Å². The van der Waals surface area contributed by atoms with Crippen molar-refractivity contribution >= 4 is 29.3 Å². The molecule has 0 amide bonds. The average molecular weight is 373 g/mol. The van der Waals surface area contributed by atoms with Gasteiger partial charge in [0, 0.05) is 11.8 Å². The lowest BCUT2D eigenvalue weighted by atomic mass is 10.00. The first-order valence-electron chi connectivity index (χ1n) is 7.81. The summed E-state index contributed by atoms with van der Waals surface area (Å²) in [6, 6.07) is 9.40. The van der Waals surface area contributed by atoms with E-state index in [0.29, 0.717) is 18.8 Å². The number of ketones is 2. The van der Waals surface area contributed by atoms with Crippen molar-refractivity contribution < 1.29 is 28.4 Å². The fourth-order valence-corrected chi connectivity index (χ4v) is 3.24. The second kappa shape index (κ2) is 8.01. The average Bonchev–Trinajstić information content (AvgIpc) is 3.11. The monoisotopic (exact) mass is 373 g/mol. The molecular formula is C18H15NO6S. The Morgan fingerprint density at radius 3 is 2.73 bits per heavy atom. The Bertz CT molecular complexity index is 871. The number of thioether (sulfide) groups is 1. The summed E-state index contributed by atoms with van der Waals surface area (Å²) < 4.78 is 15.0. The zero-order valence-electron chi connectivity index (χ0n) is 13.9. The highest BCUT2D eigenvalue weighted by Crippen LogP contribution is 2.31. The predicted molar refractivity (Wildman–Crippen MR) is 93.6 cm³/mol. The maximum atomic E-state index is 12.6. The number of carbonyl (C=O) groups excluding carboxylic acids is 3. The van der Waals surface area contributed by atoms with Gasteiger partial charge in [-0.05, 0) is 18.6 Å². The van der Waals surface area contributed by atoms with E-state index in [4.69, 9.17) is 9.26 Å². The van der Waals surface area contributed by atoms with Crippen LogP contribution in [0.15, 0.2) is 45.8 Å². The molecule has 1 aromatic carbocycles. The van der Waals surface area contributed by atoms with Crippen molar-refractivity contribution in [3.05, 3.63) is 58.3 Å². The number of methoxy groups -OCH3 is 1. The van der Waals surface area contributed by atoms with Gasteiger partial charge >= 0.3 is 5.97 Å². The first-order valence-corrected chi connectivity index (χ1v) is 8.79. The number of fused-ring (bicyclic) bond motifs is 1. The van der Waals surface area contributed by atoms with E-state index in [1.54, 1.807) is 0 Å². The Morgan fingerprint density at radius 1 is 1.23 bits per heavy atom. The van der Waals surface area contributed by atoms with Crippen molar-refractivity contribution in [2.45, 2.75) is 6.42 Å². The van der Waals surface area contributed by atoms with Gasteiger partial charge in [-0.15, -0.1) is 11.8 Å². The standard InChI is InChI=1S/C18H15NO6S/c1-23-18(22)15-14-16(21)13(10-12(20)17(14)25-19-15)26-9-5-8-24-11-6-3-2-4-7-11/h2-4,6-7,10H,5,8-9H2,1H3. The van der Waals surface area contributed by atoms with Gasteiger partial charge in [-0.3, -0.25) is 9.59 Å². The van der Waals surface area contributed by atoms with Gasteiger partial charge in [0.1, 0.15) is 11.3 Å². The number of ether oxygens (including phenoxy) is 2. The van der Waals surface area contributed by atoms with E-state index in [2.05, 4.69) is 9.89 Å². The minimum Gasteiger partial charge on any atom is -0.494 e.